The molecule has 0 radical (unpaired) electrons. The van der Waals surface area contributed by atoms with Gasteiger partial charge in [0.15, 0.2) is 11.5 Å². The van der Waals surface area contributed by atoms with Gasteiger partial charge in [-0.1, -0.05) is 19.1 Å². The summed E-state index contributed by atoms with van der Waals surface area (Å²) in [5.74, 6) is 1.56. The first-order valence-corrected chi connectivity index (χ1v) is 7.44. The molecule has 0 aliphatic rings. The predicted octanol–water partition coefficient (Wildman–Crippen LogP) is 3.08. The summed E-state index contributed by atoms with van der Waals surface area (Å²) in [6.07, 6.45) is 5.41. The Bertz CT molecular complexity index is 537. The van der Waals surface area contributed by atoms with Gasteiger partial charge in [-0.3, -0.25) is 0 Å². The Morgan fingerprint density at radius 3 is 2.71 bits per heavy atom. The molecule has 0 saturated carbocycles. The summed E-state index contributed by atoms with van der Waals surface area (Å²) in [6, 6.07) is 9.86. The van der Waals surface area contributed by atoms with E-state index >= 15 is 0 Å². The summed E-state index contributed by atoms with van der Waals surface area (Å²) in [5.41, 5.74) is 1.31. The minimum absolute atomic E-state index is 0.622. The molecule has 2 rings (SSSR count). The number of benzene rings is 1. The highest BCUT2D eigenvalue weighted by Crippen LogP contribution is 2.25. The smallest absolute Gasteiger partial charge is 0.161 e. The van der Waals surface area contributed by atoms with Gasteiger partial charge < -0.3 is 19.4 Å². The number of para-hydroxylation sites is 2. The lowest BCUT2D eigenvalue weighted by Crippen LogP contribution is -2.13. The Morgan fingerprint density at radius 1 is 1.14 bits per heavy atom. The van der Waals surface area contributed by atoms with Gasteiger partial charge in [-0.2, -0.15) is 0 Å². The molecule has 1 N–H and O–H groups in total. The molecule has 0 aliphatic carbocycles. The molecular weight excluding hydrogens is 264 g/mol. The fourth-order valence-electron chi connectivity index (χ4n) is 2.14. The molecule has 0 saturated heterocycles. The van der Waals surface area contributed by atoms with Crippen molar-refractivity contribution in [3.8, 4) is 11.5 Å². The van der Waals surface area contributed by atoms with Crippen LogP contribution in [0.4, 0.5) is 0 Å². The summed E-state index contributed by atoms with van der Waals surface area (Å²) in [4.78, 5) is 0. The molecule has 1 aromatic heterocycles. The Hall–Kier alpha value is -1.94. The van der Waals surface area contributed by atoms with Crippen molar-refractivity contribution in [1.29, 1.82) is 0 Å². The standard InChI is InChI=1S/C17H24N2O2/c1-3-9-18-13-15-8-10-19(14-15)11-12-21-17-7-5-4-6-16(17)20-2/h4-8,10,14,18H,3,9,11-13H2,1-2H3. The predicted molar refractivity (Wildman–Crippen MR) is 84.9 cm³/mol. The minimum Gasteiger partial charge on any atom is -0.493 e. The zero-order valence-electron chi connectivity index (χ0n) is 12.8. The number of nitrogens with one attached hydrogen (secondary N) is 1. The Labute approximate surface area is 126 Å². The number of aromatic nitrogens is 1. The summed E-state index contributed by atoms with van der Waals surface area (Å²) >= 11 is 0. The van der Waals surface area contributed by atoms with Crippen LogP contribution in [0.25, 0.3) is 0 Å². The van der Waals surface area contributed by atoms with Crippen LogP contribution in [0.2, 0.25) is 0 Å². The number of methoxy groups -OCH3 is 1. The van der Waals surface area contributed by atoms with Crippen molar-refractivity contribution in [2.24, 2.45) is 0 Å². The average Bonchev–Trinajstić information content (AvgIpc) is 2.96. The van der Waals surface area contributed by atoms with Gasteiger partial charge in [0, 0.05) is 18.9 Å². The summed E-state index contributed by atoms with van der Waals surface area (Å²) in [7, 11) is 1.66. The molecule has 0 unspecified atom stereocenters. The van der Waals surface area contributed by atoms with Crippen LogP contribution in [0.3, 0.4) is 0 Å². The van der Waals surface area contributed by atoms with Gasteiger partial charge in [-0.05, 0) is 36.7 Å². The van der Waals surface area contributed by atoms with E-state index in [1.807, 2.05) is 24.3 Å². The molecule has 0 fully saturated rings. The third-order valence-corrected chi connectivity index (χ3v) is 3.24. The molecule has 21 heavy (non-hydrogen) atoms. The van der Waals surface area contributed by atoms with E-state index in [0.717, 1.165) is 37.6 Å². The van der Waals surface area contributed by atoms with Gasteiger partial charge in [0.05, 0.1) is 13.7 Å². The Balaban J connectivity index is 1.78. The molecule has 0 aliphatic heterocycles. The van der Waals surface area contributed by atoms with Gasteiger partial charge in [0.25, 0.3) is 0 Å². The van der Waals surface area contributed by atoms with Crippen molar-refractivity contribution in [2.45, 2.75) is 26.4 Å². The fraction of sp³-hybridized carbons (Fsp3) is 0.412. The van der Waals surface area contributed by atoms with Crippen LogP contribution in [-0.2, 0) is 13.1 Å². The second-order valence-corrected chi connectivity index (χ2v) is 4.93. The summed E-state index contributed by atoms with van der Waals surface area (Å²) in [6.45, 7) is 5.60. The highest BCUT2D eigenvalue weighted by Gasteiger charge is 2.02. The first-order chi connectivity index (χ1) is 10.3. The van der Waals surface area contributed by atoms with E-state index < -0.39 is 0 Å². The SMILES string of the molecule is CCCNCc1ccn(CCOc2ccccc2OC)c1. The molecule has 1 aromatic carbocycles. The maximum atomic E-state index is 5.78. The number of rotatable bonds is 9. The van der Waals surface area contributed by atoms with Crippen LogP contribution >= 0.6 is 0 Å². The number of ether oxygens (including phenoxy) is 2. The largest absolute Gasteiger partial charge is 0.493 e. The molecule has 0 amide bonds. The van der Waals surface area contributed by atoms with Gasteiger partial charge in [0.2, 0.25) is 0 Å². The van der Waals surface area contributed by atoms with Gasteiger partial charge >= 0.3 is 0 Å². The second kappa shape index (κ2) is 8.37. The molecule has 114 valence electrons. The quantitative estimate of drug-likeness (QED) is 0.720. The van der Waals surface area contributed by atoms with E-state index in [2.05, 4.69) is 35.3 Å². The van der Waals surface area contributed by atoms with Crippen LogP contribution in [0, 0.1) is 0 Å². The van der Waals surface area contributed by atoms with Crippen LogP contribution in [0.15, 0.2) is 42.7 Å². The maximum Gasteiger partial charge on any atom is 0.161 e. The van der Waals surface area contributed by atoms with E-state index in [0.29, 0.717) is 6.61 Å². The van der Waals surface area contributed by atoms with Crippen LogP contribution in [0.1, 0.15) is 18.9 Å². The molecule has 4 heteroatoms. The van der Waals surface area contributed by atoms with Crippen LogP contribution in [0.5, 0.6) is 11.5 Å². The Kier molecular flexibility index (Phi) is 6.16. The molecule has 0 bridgehead atoms. The first kappa shape index (κ1) is 15.4. The second-order valence-electron chi connectivity index (χ2n) is 4.93. The molecule has 1 heterocycles. The Morgan fingerprint density at radius 2 is 1.95 bits per heavy atom. The van der Waals surface area contributed by atoms with Gasteiger partial charge in [-0.15, -0.1) is 0 Å². The minimum atomic E-state index is 0.622. The normalized spacial score (nSPS) is 10.6. The summed E-state index contributed by atoms with van der Waals surface area (Å²) < 4.78 is 13.2. The zero-order valence-corrected chi connectivity index (χ0v) is 12.8. The van der Waals surface area contributed by atoms with E-state index in [9.17, 15) is 0 Å². The van der Waals surface area contributed by atoms with Crippen LogP contribution in [-0.4, -0.2) is 24.8 Å². The van der Waals surface area contributed by atoms with E-state index in [1.165, 1.54) is 5.56 Å². The summed E-state index contributed by atoms with van der Waals surface area (Å²) in [5, 5.41) is 3.40. The number of hydrogen-bond donors (Lipinski definition) is 1. The maximum absolute atomic E-state index is 5.78. The van der Waals surface area contributed by atoms with Crippen molar-refractivity contribution in [1.82, 2.24) is 9.88 Å². The monoisotopic (exact) mass is 288 g/mol. The zero-order chi connectivity index (χ0) is 14.9. The highest BCUT2D eigenvalue weighted by atomic mass is 16.5. The topological polar surface area (TPSA) is 35.4 Å². The van der Waals surface area contributed by atoms with Crippen LogP contribution < -0.4 is 14.8 Å². The lowest BCUT2D eigenvalue weighted by Gasteiger charge is -2.10. The van der Waals surface area contributed by atoms with E-state index in [4.69, 9.17) is 9.47 Å². The van der Waals surface area contributed by atoms with Crippen molar-refractivity contribution in [3.63, 3.8) is 0 Å². The van der Waals surface area contributed by atoms with Crippen molar-refractivity contribution < 1.29 is 9.47 Å². The molecule has 0 spiro atoms. The lowest BCUT2D eigenvalue weighted by atomic mass is 10.3. The molecule has 4 nitrogen and oxygen atoms in total. The van der Waals surface area contributed by atoms with E-state index in [-0.39, 0.29) is 0 Å². The van der Waals surface area contributed by atoms with Gasteiger partial charge in [-0.25, -0.2) is 0 Å². The first-order valence-electron chi connectivity index (χ1n) is 7.44. The lowest BCUT2D eigenvalue weighted by molar-refractivity contribution is 0.280. The fourth-order valence-corrected chi connectivity index (χ4v) is 2.14. The third-order valence-electron chi connectivity index (χ3n) is 3.24. The number of nitrogens with zero attached hydrogens (tertiary/aromatic N) is 1. The average molecular weight is 288 g/mol. The molecule has 0 atom stereocenters. The van der Waals surface area contributed by atoms with Crippen molar-refractivity contribution >= 4 is 0 Å². The van der Waals surface area contributed by atoms with Crippen molar-refractivity contribution in [2.75, 3.05) is 20.3 Å². The van der Waals surface area contributed by atoms with Crippen molar-refractivity contribution in [3.05, 3.63) is 48.3 Å². The number of hydrogen-bond acceptors (Lipinski definition) is 3. The highest BCUT2D eigenvalue weighted by molar-refractivity contribution is 5.39. The third kappa shape index (κ3) is 4.83. The van der Waals surface area contributed by atoms with E-state index in [1.54, 1.807) is 7.11 Å². The van der Waals surface area contributed by atoms with Gasteiger partial charge in [0.1, 0.15) is 6.61 Å². The molecular formula is C17H24N2O2. The molecule has 2 aromatic rings.